The number of carbonyl (C=O) groups is 4. The minimum absolute atomic E-state index is 0.0345. The maximum Gasteiger partial charge on any atom is 0.271 e. The largest absolute Gasteiger partial charge is 0.508 e. The zero-order valence-electron chi connectivity index (χ0n) is 22.4. The van der Waals surface area contributed by atoms with Gasteiger partial charge in [0.05, 0.1) is 22.4 Å². The van der Waals surface area contributed by atoms with Gasteiger partial charge in [-0.05, 0) is 54.7 Å². The number of nitro groups is 1. The summed E-state index contributed by atoms with van der Waals surface area (Å²) < 4.78 is 0. The highest BCUT2D eigenvalue weighted by Crippen LogP contribution is 2.57. The highest BCUT2D eigenvalue weighted by atomic mass is 16.6. The van der Waals surface area contributed by atoms with Gasteiger partial charge in [-0.1, -0.05) is 48.0 Å². The van der Waals surface area contributed by atoms with Gasteiger partial charge in [0.2, 0.25) is 11.8 Å². The molecule has 7 rings (SSSR count). The van der Waals surface area contributed by atoms with Crippen molar-refractivity contribution in [1.82, 2.24) is 0 Å². The van der Waals surface area contributed by atoms with Crippen molar-refractivity contribution >= 4 is 45.5 Å². The highest BCUT2D eigenvalue weighted by Gasteiger charge is 2.57. The smallest absolute Gasteiger partial charge is 0.271 e. The lowest BCUT2D eigenvalue weighted by molar-refractivity contribution is -0.384. The Hall–Kier alpha value is -5.18. The number of imide groups is 1. The first kappa shape index (κ1) is 25.8. The number of rotatable bonds is 3. The third kappa shape index (κ3) is 3.56. The maximum absolute atomic E-state index is 14.1. The lowest BCUT2D eigenvalue weighted by Gasteiger charge is -2.42. The van der Waals surface area contributed by atoms with Crippen LogP contribution in [0, 0.1) is 27.9 Å². The van der Waals surface area contributed by atoms with Crippen LogP contribution < -0.4 is 4.90 Å². The number of benzene rings is 3. The van der Waals surface area contributed by atoms with Crippen LogP contribution >= 0.6 is 0 Å². The van der Waals surface area contributed by atoms with Gasteiger partial charge in [0.15, 0.2) is 11.6 Å². The van der Waals surface area contributed by atoms with Crippen LogP contribution in [-0.2, 0) is 19.2 Å². The molecule has 1 N–H and O–H groups in total. The van der Waals surface area contributed by atoms with Crippen LogP contribution in [0.2, 0.25) is 0 Å². The number of phenols is 1. The quantitative estimate of drug-likeness (QED) is 0.155. The first-order valence-corrected chi connectivity index (χ1v) is 13.7. The van der Waals surface area contributed by atoms with Gasteiger partial charge in [-0.2, -0.15) is 0 Å². The summed E-state index contributed by atoms with van der Waals surface area (Å²) in [5.41, 5.74) is 1.98. The number of hydrogen-bond donors (Lipinski definition) is 1. The van der Waals surface area contributed by atoms with Gasteiger partial charge in [-0.3, -0.25) is 29.3 Å². The Labute approximate surface area is 239 Å². The predicted molar refractivity (Wildman–Crippen MR) is 153 cm³/mol. The zero-order valence-corrected chi connectivity index (χ0v) is 22.4. The molecule has 4 unspecified atom stereocenters. The van der Waals surface area contributed by atoms with E-state index in [1.165, 1.54) is 30.3 Å². The minimum Gasteiger partial charge on any atom is -0.508 e. The summed E-state index contributed by atoms with van der Waals surface area (Å²) in [5, 5.41) is 24.2. The monoisotopic (exact) mass is 560 g/mol. The fourth-order valence-electron chi connectivity index (χ4n) is 7.30. The third-order valence-electron chi connectivity index (χ3n) is 9.10. The van der Waals surface area contributed by atoms with Gasteiger partial charge in [-0.25, -0.2) is 4.90 Å². The number of aromatic hydroxyl groups is 1. The molecule has 1 saturated heterocycles. The number of nitrogens with zero attached hydrogens (tertiary/aromatic N) is 2. The Morgan fingerprint density at radius 1 is 0.952 bits per heavy atom. The number of phenolic OH excluding ortho intramolecular Hbond substituents is 1. The van der Waals surface area contributed by atoms with Crippen LogP contribution in [0.25, 0.3) is 10.8 Å². The van der Waals surface area contributed by atoms with Crippen molar-refractivity contribution in [3.8, 4) is 5.75 Å². The summed E-state index contributed by atoms with van der Waals surface area (Å²) in [6.45, 7) is 1.58. The van der Waals surface area contributed by atoms with E-state index in [1.807, 2.05) is 30.3 Å². The molecule has 4 atom stereocenters. The molecule has 1 aliphatic heterocycles. The van der Waals surface area contributed by atoms with E-state index in [0.29, 0.717) is 22.3 Å². The second-order valence-corrected chi connectivity index (χ2v) is 11.2. The van der Waals surface area contributed by atoms with Gasteiger partial charge in [0, 0.05) is 40.3 Å². The summed E-state index contributed by atoms with van der Waals surface area (Å²) in [6, 6.07) is 16.2. The van der Waals surface area contributed by atoms with Crippen LogP contribution in [0.3, 0.4) is 0 Å². The molecule has 0 bridgehead atoms. The SMILES string of the molecule is CC1=CC(=O)C2=C(CC3C(=CCC4C(=O)N(c5cccc([N+](=O)[O-])c5)C(=O)C43)C2c2c(O)ccc3ccccc23)C1=O. The van der Waals surface area contributed by atoms with Gasteiger partial charge in [0.1, 0.15) is 5.75 Å². The van der Waals surface area contributed by atoms with Crippen LogP contribution in [0.15, 0.2) is 95.1 Å². The Balaban J connectivity index is 1.41. The number of ketones is 2. The van der Waals surface area contributed by atoms with Crippen molar-refractivity contribution in [2.45, 2.75) is 25.7 Å². The van der Waals surface area contributed by atoms with E-state index in [9.17, 15) is 34.4 Å². The molecule has 0 aromatic heterocycles. The highest BCUT2D eigenvalue weighted by molar-refractivity contribution is 6.25. The van der Waals surface area contributed by atoms with Crippen molar-refractivity contribution < 1.29 is 29.2 Å². The molecule has 3 aliphatic carbocycles. The second-order valence-electron chi connectivity index (χ2n) is 11.2. The van der Waals surface area contributed by atoms with E-state index in [4.69, 9.17) is 0 Å². The van der Waals surface area contributed by atoms with Crippen molar-refractivity contribution in [2.24, 2.45) is 17.8 Å². The third-order valence-corrected chi connectivity index (χ3v) is 9.10. The number of carbonyl (C=O) groups excluding carboxylic acids is 4. The van der Waals surface area contributed by atoms with Crippen LogP contribution in [0.1, 0.15) is 31.2 Å². The summed E-state index contributed by atoms with van der Waals surface area (Å²) in [6.07, 6.45) is 3.53. The number of Topliss-reactive ketones (excluding diaryl/α,β-unsaturated/α-hetero) is 1. The molecule has 9 nitrogen and oxygen atoms in total. The van der Waals surface area contributed by atoms with Gasteiger partial charge >= 0.3 is 0 Å². The summed E-state index contributed by atoms with van der Waals surface area (Å²) in [5.74, 6) is -4.52. The fraction of sp³-hybridized carbons (Fsp3) is 0.212. The predicted octanol–water partition coefficient (Wildman–Crippen LogP) is 5.09. The molecule has 1 heterocycles. The van der Waals surface area contributed by atoms with Crippen LogP contribution in [0.4, 0.5) is 11.4 Å². The van der Waals surface area contributed by atoms with Crippen molar-refractivity contribution in [2.75, 3.05) is 4.90 Å². The molecule has 9 heteroatoms. The van der Waals surface area contributed by atoms with E-state index in [2.05, 4.69) is 0 Å². The van der Waals surface area contributed by atoms with E-state index < -0.39 is 40.4 Å². The molecule has 3 aromatic carbocycles. The Kier molecular flexibility index (Phi) is 5.63. The summed E-state index contributed by atoms with van der Waals surface area (Å²) >= 11 is 0. The first-order chi connectivity index (χ1) is 20.2. The van der Waals surface area contributed by atoms with Gasteiger partial charge < -0.3 is 5.11 Å². The topological polar surface area (TPSA) is 135 Å². The average Bonchev–Trinajstić information content (AvgIpc) is 3.24. The van der Waals surface area contributed by atoms with Crippen LogP contribution in [0.5, 0.6) is 5.75 Å². The number of anilines is 1. The van der Waals surface area contributed by atoms with Gasteiger partial charge in [-0.15, -0.1) is 0 Å². The standard InChI is InChI=1S/C33H24N2O7/c1-16-13-26(37)29-24(31(16)38)15-23-21(30(29)28-20-8-3-2-5-17(20)9-12-25(28)36)10-11-22-27(23)33(40)34(32(22)39)18-6-4-7-19(14-18)35(41)42/h2-10,12-14,22-23,27,30,36H,11,15H2,1H3. The summed E-state index contributed by atoms with van der Waals surface area (Å²) in [4.78, 5) is 66.7. The van der Waals surface area contributed by atoms with Crippen molar-refractivity contribution in [3.05, 3.63) is 111 Å². The van der Waals surface area contributed by atoms with Gasteiger partial charge in [0.25, 0.3) is 5.69 Å². The Morgan fingerprint density at radius 2 is 1.74 bits per heavy atom. The first-order valence-electron chi connectivity index (χ1n) is 13.7. The summed E-state index contributed by atoms with van der Waals surface area (Å²) in [7, 11) is 0. The molecule has 208 valence electrons. The lowest BCUT2D eigenvalue weighted by atomic mass is 9.59. The molecule has 1 fully saturated rings. The van der Waals surface area contributed by atoms with E-state index in [1.54, 1.807) is 19.1 Å². The molecule has 2 amide bonds. The molecular formula is C33H24N2O7. The molecule has 0 radical (unpaired) electrons. The number of hydrogen-bond acceptors (Lipinski definition) is 7. The molecule has 0 saturated carbocycles. The molecule has 42 heavy (non-hydrogen) atoms. The van der Waals surface area contributed by atoms with Crippen molar-refractivity contribution in [1.29, 1.82) is 0 Å². The van der Waals surface area contributed by atoms with E-state index >= 15 is 0 Å². The zero-order chi connectivity index (χ0) is 29.4. The number of fused-ring (bicyclic) bond motifs is 4. The second kappa shape index (κ2) is 9.17. The number of amides is 2. The van der Waals surface area contributed by atoms with E-state index in [-0.39, 0.29) is 41.5 Å². The molecule has 3 aromatic rings. The Morgan fingerprint density at radius 3 is 2.52 bits per heavy atom. The lowest BCUT2D eigenvalue weighted by Crippen LogP contribution is -2.39. The molecular weight excluding hydrogens is 536 g/mol. The number of allylic oxidation sites excluding steroid dienone is 6. The van der Waals surface area contributed by atoms with Crippen molar-refractivity contribution in [3.63, 3.8) is 0 Å². The van der Waals surface area contributed by atoms with E-state index in [0.717, 1.165) is 21.2 Å². The average molecular weight is 561 g/mol. The number of non-ortho nitro benzene ring substituents is 1. The normalized spacial score (nSPS) is 25.2. The minimum atomic E-state index is -0.834. The maximum atomic E-state index is 14.1. The number of nitro benzene ring substituents is 1. The Bertz CT molecular complexity index is 1900. The molecule has 0 spiro atoms. The fourth-order valence-corrected chi connectivity index (χ4v) is 7.30. The van der Waals surface area contributed by atoms with Crippen LogP contribution in [-0.4, -0.2) is 33.4 Å². The molecule has 4 aliphatic rings.